The zero-order chi connectivity index (χ0) is 17.6. The lowest BCUT2D eigenvalue weighted by Gasteiger charge is -2.35. The summed E-state index contributed by atoms with van der Waals surface area (Å²) in [6, 6.07) is 12.0. The molecule has 2 heterocycles. The Labute approximate surface area is 152 Å². The summed E-state index contributed by atoms with van der Waals surface area (Å²) < 4.78 is 0. The summed E-state index contributed by atoms with van der Waals surface area (Å²) in [5.74, 6) is -0.270. The van der Waals surface area contributed by atoms with Crippen molar-refractivity contribution < 1.29 is 9.59 Å². The third kappa shape index (κ3) is 4.27. The molecular weight excluding hydrogens is 334 g/mol. The van der Waals surface area contributed by atoms with Gasteiger partial charge in [0.15, 0.2) is 0 Å². The number of carbonyl (C=O) groups excluding carboxylic acids is 2. The average molecular weight is 357 g/mol. The number of hydrogen-bond donors (Lipinski definition) is 2. The van der Waals surface area contributed by atoms with Crippen LogP contribution in [0.5, 0.6) is 0 Å². The molecule has 0 saturated carbocycles. The van der Waals surface area contributed by atoms with E-state index >= 15 is 0 Å². The molecule has 1 aliphatic rings. The Morgan fingerprint density at radius 3 is 2.80 bits per heavy atom. The van der Waals surface area contributed by atoms with Gasteiger partial charge in [-0.1, -0.05) is 37.3 Å². The standard InChI is InChI=1S/C19H23N3O2S/c1-2-10-20-19(24)21-17(23)13-22-11-8-16-15(9-12-25-16)18(22)14-6-4-3-5-7-14/h3-7,9,12,18H,2,8,10-11,13H2,1H3,(H2,20,21,23,24)/t18-/m1/s1. The fourth-order valence-corrected chi connectivity index (χ4v) is 4.10. The molecule has 3 amide bonds. The summed E-state index contributed by atoms with van der Waals surface area (Å²) in [5, 5.41) is 7.20. The Morgan fingerprint density at radius 1 is 1.24 bits per heavy atom. The molecule has 0 unspecified atom stereocenters. The maximum absolute atomic E-state index is 12.3. The van der Waals surface area contributed by atoms with Gasteiger partial charge in [0, 0.05) is 18.0 Å². The fraction of sp³-hybridized carbons (Fsp3) is 0.368. The number of nitrogens with one attached hydrogen (secondary N) is 2. The minimum Gasteiger partial charge on any atom is -0.338 e. The van der Waals surface area contributed by atoms with Crippen LogP contribution in [0.25, 0.3) is 0 Å². The molecule has 1 atom stereocenters. The molecule has 132 valence electrons. The number of nitrogens with zero attached hydrogens (tertiary/aromatic N) is 1. The number of urea groups is 1. The second kappa shape index (κ2) is 8.27. The van der Waals surface area contributed by atoms with Gasteiger partial charge < -0.3 is 5.32 Å². The highest BCUT2D eigenvalue weighted by atomic mass is 32.1. The zero-order valence-electron chi connectivity index (χ0n) is 14.3. The molecule has 0 spiro atoms. The predicted molar refractivity (Wildman–Crippen MR) is 99.7 cm³/mol. The maximum Gasteiger partial charge on any atom is 0.321 e. The molecule has 1 aromatic heterocycles. The molecule has 2 N–H and O–H groups in total. The summed E-state index contributed by atoms with van der Waals surface area (Å²) in [7, 11) is 0. The van der Waals surface area contributed by atoms with E-state index in [4.69, 9.17) is 0 Å². The first-order valence-electron chi connectivity index (χ1n) is 8.62. The minimum atomic E-state index is -0.420. The van der Waals surface area contributed by atoms with E-state index < -0.39 is 6.03 Å². The minimum absolute atomic E-state index is 0.0562. The number of benzene rings is 1. The van der Waals surface area contributed by atoms with Crippen LogP contribution in [0.1, 0.15) is 35.4 Å². The normalized spacial score (nSPS) is 16.9. The van der Waals surface area contributed by atoms with Crippen molar-refractivity contribution in [3.05, 3.63) is 57.8 Å². The van der Waals surface area contributed by atoms with Gasteiger partial charge in [-0.2, -0.15) is 0 Å². The third-order valence-corrected chi connectivity index (χ3v) is 5.31. The summed E-state index contributed by atoms with van der Waals surface area (Å²) >= 11 is 1.77. The first-order valence-corrected chi connectivity index (χ1v) is 9.50. The van der Waals surface area contributed by atoms with Crippen molar-refractivity contribution in [2.75, 3.05) is 19.6 Å². The van der Waals surface area contributed by atoms with Crippen molar-refractivity contribution in [3.8, 4) is 0 Å². The van der Waals surface area contributed by atoms with Gasteiger partial charge >= 0.3 is 6.03 Å². The lowest BCUT2D eigenvalue weighted by Crippen LogP contribution is -2.47. The highest BCUT2D eigenvalue weighted by Crippen LogP contribution is 2.37. The van der Waals surface area contributed by atoms with Crippen LogP contribution in [-0.2, 0) is 11.2 Å². The largest absolute Gasteiger partial charge is 0.338 e. The molecule has 3 rings (SSSR count). The van der Waals surface area contributed by atoms with Crippen LogP contribution in [0.3, 0.4) is 0 Å². The maximum atomic E-state index is 12.3. The molecule has 0 saturated heterocycles. The molecule has 5 nitrogen and oxygen atoms in total. The van der Waals surface area contributed by atoms with Gasteiger partial charge in [0.25, 0.3) is 0 Å². The van der Waals surface area contributed by atoms with E-state index in [0.717, 1.165) is 19.4 Å². The van der Waals surface area contributed by atoms with Crippen LogP contribution < -0.4 is 10.6 Å². The molecule has 1 aliphatic heterocycles. The van der Waals surface area contributed by atoms with E-state index in [1.54, 1.807) is 11.3 Å². The van der Waals surface area contributed by atoms with Crippen LogP contribution in [0.2, 0.25) is 0 Å². The highest BCUT2D eigenvalue weighted by Gasteiger charge is 2.30. The molecule has 2 aromatic rings. The van der Waals surface area contributed by atoms with Crippen molar-refractivity contribution in [3.63, 3.8) is 0 Å². The van der Waals surface area contributed by atoms with Crippen molar-refractivity contribution in [1.82, 2.24) is 15.5 Å². The molecule has 0 aliphatic carbocycles. The van der Waals surface area contributed by atoms with E-state index in [-0.39, 0.29) is 18.5 Å². The van der Waals surface area contributed by atoms with Gasteiger partial charge in [0.2, 0.25) is 5.91 Å². The van der Waals surface area contributed by atoms with Gasteiger partial charge in [-0.15, -0.1) is 11.3 Å². The van der Waals surface area contributed by atoms with E-state index in [1.165, 1.54) is 16.0 Å². The Kier molecular flexibility index (Phi) is 5.83. The van der Waals surface area contributed by atoms with Crippen LogP contribution in [0, 0.1) is 0 Å². The smallest absolute Gasteiger partial charge is 0.321 e. The lowest BCUT2D eigenvalue weighted by atomic mass is 9.93. The third-order valence-electron chi connectivity index (χ3n) is 4.32. The monoisotopic (exact) mass is 357 g/mol. The SMILES string of the molecule is CCCNC(=O)NC(=O)CN1CCc2sccc2[C@H]1c1ccccc1. The van der Waals surface area contributed by atoms with Crippen LogP contribution in [-0.4, -0.2) is 36.5 Å². The van der Waals surface area contributed by atoms with Crippen LogP contribution >= 0.6 is 11.3 Å². The van der Waals surface area contributed by atoms with Crippen LogP contribution in [0.4, 0.5) is 4.79 Å². The highest BCUT2D eigenvalue weighted by molar-refractivity contribution is 7.10. The first kappa shape index (κ1) is 17.6. The molecule has 1 aromatic carbocycles. The van der Waals surface area contributed by atoms with Crippen molar-refractivity contribution >= 4 is 23.3 Å². The van der Waals surface area contributed by atoms with E-state index in [0.29, 0.717) is 6.54 Å². The second-order valence-electron chi connectivity index (χ2n) is 6.14. The van der Waals surface area contributed by atoms with Gasteiger partial charge in [-0.05, 0) is 35.4 Å². The molecule has 6 heteroatoms. The van der Waals surface area contributed by atoms with Crippen molar-refractivity contribution in [2.24, 2.45) is 0 Å². The lowest BCUT2D eigenvalue weighted by molar-refractivity contribution is -0.121. The van der Waals surface area contributed by atoms with Crippen molar-refractivity contribution in [2.45, 2.75) is 25.8 Å². The number of hydrogen-bond acceptors (Lipinski definition) is 4. The Morgan fingerprint density at radius 2 is 2.04 bits per heavy atom. The van der Waals surface area contributed by atoms with Gasteiger partial charge in [-0.25, -0.2) is 4.79 Å². The zero-order valence-corrected chi connectivity index (χ0v) is 15.1. The molecular formula is C19H23N3O2S. The Bertz CT molecular complexity index is 729. The summed E-state index contributed by atoms with van der Waals surface area (Å²) in [5.41, 5.74) is 2.44. The van der Waals surface area contributed by atoms with E-state index in [9.17, 15) is 9.59 Å². The van der Waals surface area contributed by atoms with Gasteiger partial charge in [0.1, 0.15) is 0 Å². The molecule has 0 bridgehead atoms. The Balaban J connectivity index is 1.74. The molecule has 0 radical (unpaired) electrons. The Hall–Kier alpha value is -2.18. The average Bonchev–Trinajstić information content (AvgIpc) is 3.09. The number of thiophene rings is 1. The number of rotatable bonds is 5. The van der Waals surface area contributed by atoms with Gasteiger partial charge in [0.05, 0.1) is 12.6 Å². The topological polar surface area (TPSA) is 61.4 Å². The quantitative estimate of drug-likeness (QED) is 0.865. The molecule has 0 fully saturated rings. The van der Waals surface area contributed by atoms with Gasteiger partial charge in [-0.3, -0.25) is 15.0 Å². The number of carbonyl (C=O) groups is 2. The van der Waals surface area contributed by atoms with Crippen molar-refractivity contribution in [1.29, 1.82) is 0 Å². The summed E-state index contributed by atoms with van der Waals surface area (Å²) in [6.07, 6.45) is 1.77. The van der Waals surface area contributed by atoms with E-state index in [2.05, 4.69) is 39.1 Å². The second-order valence-corrected chi connectivity index (χ2v) is 7.14. The summed E-state index contributed by atoms with van der Waals surface area (Å²) in [4.78, 5) is 27.5. The predicted octanol–water partition coefficient (Wildman–Crippen LogP) is 2.93. The summed E-state index contributed by atoms with van der Waals surface area (Å²) in [6.45, 7) is 3.54. The number of imide groups is 1. The molecule has 25 heavy (non-hydrogen) atoms. The fourth-order valence-electron chi connectivity index (χ4n) is 3.20. The first-order chi connectivity index (χ1) is 12.2. The number of fused-ring (bicyclic) bond motifs is 1. The van der Waals surface area contributed by atoms with E-state index in [1.807, 2.05) is 25.1 Å². The number of amides is 3. The van der Waals surface area contributed by atoms with Crippen LogP contribution in [0.15, 0.2) is 41.8 Å².